The first-order chi connectivity index (χ1) is 8.21. The van der Waals surface area contributed by atoms with E-state index in [0.29, 0.717) is 6.54 Å². The van der Waals surface area contributed by atoms with Crippen molar-refractivity contribution >= 4 is 5.96 Å². The van der Waals surface area contributed by atoms with Gasteiger partial charge in [0.1, 0.15) is 12.4 Å². The van der Waals surface area contributed by atoms with Crippen molar-refractivity contribution in [2.75, 3.05) is 28.2 Å². The van der Waals surface area contributed by atoms with Crippen molar-refractivity contribution < 1.29 is 0 Å². The second kappa shape index (κ2) is 5.37. The molecule has 6 nitrogen and oxygen atoms in total. The average Bonchev–Trinajstić information content (AvgIpc) is 2.64. The maximum Gasteiger partial charge on any atom is 0.195 e. The van der Waals surface area contributed by atoms with Gasteiger partial charge < -0.3 is 9.80 Å². The van der Waals surface area contributed by atoms with Gasteiger partial charge in [0.25, 0.3) is 0 Å². The zero-order chi connectivity index (χ0) is 13.9. The van der Waals surface area contributed by atoms with Gasteiger partial charge in [-0.15, -0.1) is 0 Å². The Hall–Kier alpha value is -1.59. The van der Waals surface area contributed by atoms with Gasteiger partial charge in [0.2, 0.25) is 0 Å². The lowest BCUT2D eigenvalue weighted by molar-refractivity contribution is 0.478. The Kier molecular flexibility index (Phi) is 4.32. The summed E-state index contributed by atoms with van der Waals surface area (Å²) in [6.07, 6.45) is 0. The fraction of sp³-hybridized carbons (Fsp3) is 0.750. The molecule has 0 spiro atoms. The zero-order valence-electron chi connectivity index (χ0n) is 12.4. The second-order valence-corrected chi connectivity index (χ2v) is 5.76. The van der Waals surface area contributed by atoms with Gasteiger partial charge in [0.15, 0.2) is 11.8 Å². The zero-order valence-corrected chi connectivity index (χ0v) is 12.4. The molecular formula is C12H24N6. The molecule has 0 saturated heterocycles. The number of hydrogen-bond acceptors (Lipinski definition) is 3. The molecule has 6 heteroatoms. The molecule has 0 aliphatic rings. The molecule has 1 aromatic rings. The van der Waals surface area contributed by atoms with Crippen molar-refractivity contribution in [2.24, 2.45) is 4.99 Å². The highest BCUT2D eigenvalue weighted by atomic mass is 15.3. The molecule has 0 unspecified atom stereocenters. The monoisotopic (exact) mass is 252 g/mol. The van der Waals surface area contributed by atoms with Crippen molar-refractivity contribution in [3.8, 4) is 0 Å². The Balaban J connectivity index is 2.80. The van der Waals surface area contributed by atoms with Gasteiger partial charge in [0.05, 0.1) is 0 Å². The maximum atomic E-state index is 4.52. The number of nitrogens with zero attached hydrogens (tertiary/aromatic N) is 5. The molecular weight excluding hydrogens is 228 g/mol. The third-order valence-electron chi connectivity index (χ3n) is 2.37. The summed E-state index contributed by atoms with van der Waals surface area (Å²) in [6, 6.07) is 0. The van der Waals surface area contributed by atoms with Crippen LogP contribution in [0.4, 0.5) is 0 Å². The van der Waals surface area contributed by atoms with Crippen molar-refractivity contribution in [1.29, 1.82) is 0 Å². The SMILES string of the molecule is CN(C)C(=NCc1nc(C(C)(C)C)n[nH]1)N(C)C. The Morgan fingerprint density at radius 3 is 2.11 bits per heavy atom. The van der Waals surface area contributed by atoms with Crippen LogP contribution < -0.4 is 0 Å². The van der Waals surface area contributed by atoms with Gasteiger partial charge in [-0.3, -0.25) is 5.10 Å². The van der Waals surface area contributed by atoms with Crippen molar-refractivity contribution in [1.82, 2.24) is 25.0 Å². The molecule has 1 aromatic heterocycles. The molecule has 1 heterocycles. The van der Waals surface area contributed by atoms with Gasteiger partial charge in [0, 0.05) is 33.6 Å². The molecule has 1 rings (SSSR count). The molecule has 0 fully saturated rings. The van der Waals surface area contributed by atoms with Crippen molar-refractivity contribution in [3.05, 3.63) is 11.6 Å². The number of aliphatic imine (C=N–C) groups is 1. The van der Waals surface area contributed by atoms with E-state index in [1.807, 2.05) is 38.0 Å². The molecule has 102 valence electrons. The molecule has 0 radical (unpaired) electrons. The number of rotatable bonds is 2. The van der Waals surface area contributed by atoms with E-state index in [4.69, 9.17) is 0 Å². The molecule has 0 saturated carbocycles. The summed E-state index contributed by atoms with van der Waals surface area (Å²) < 4.78 is 0. The minimum absolute atomic E-state index is 0.0373. The molecule has 1 N–H and O–H groups in total. The molecule has 18 heavy (non-hydrogen) atoms. The van der Waals surface area contributed by atoms with E-state index >= 15 is 0 Å². The molecule has 0 amide bonds. The molecule has 0 aliphatic heterocycles. The number of H-pyrrole nitrogens is 1. The number of guanidine groups is 1. The van der Waals surface area contributed by atoms with Gasteiger partial charge in [-0.1, -0.05) is 20.8 Å². The van der Waals surface area contributed by atoms with Crippen LogP contribution in [0.15, 0.2) is 4.99 Å². The van der Waals surface area contributed by atoms with Gasteiger partial charge in [-0.25, -0.2) is 9.98 Å². The Morgan fingerprint density at radius 1 is 1.17 bits per heavy atom. The van der Waals surface area contributed by atoms with Gasteiger partial charge >= 0.3 is 0 Å². The van der Waals surface area contributed by atoms with E-state index in [2.05, 4.69) is 40.9 Å². The highest BCUT2D eigenvalue weighted by Crippen LogP contribution is 2.17. The van der Waals surface area contributed by atoms with E-state index < -0.39 is 0 Å². The number of aromatic nitrogens is 3. The summed E-state index contributed by atoms with van der Waals surface area (Å²) in [5.74, 6) is 2.52. The normalized spacial score (nSPS) is 11.3. The molecule has 0 atom stereocenters. The Bertz CT molecular complexity index is 400. The van der Waals surface area contributed by atoms with Crippen LogP contribution in [0.5, 0.6) is 0 Å². The summed E-state index contributed by atoms with van der Waals surface area (Å²) in [6.45, 7) is 6.78. The third kappa shape index (κ3) is 3.72. The summed E-state index contributed by atoms with van der Waals surface area (Å²) in [5, 5.41) is 7.16. The topological polar surface area (TPSA) is 60.4 Å². The highest BCUT2D eigenvalue weighted by molar-refractivity contribution is 5.79. The Morgan fingerprint density at radius 2 is 1.72 bits per heavy atom. The largest absolute Gasteiger partial charge is 0.349 e. The predicted octanol–water partition coefficient (Wildman–Crippen LogP) is 1.08. The molecule has 0 aliphatic carbocycles. The minimum Gasteiger partial charge on any atom is -0.349 e. The minimum atomic E-state index is -0.0373. The second-order valence-electron chi connectivity index (χ2n) is 5.76. The van der Waals surface area contributed by atoms with Crippen LogP contribution in [0.1, 0.15) is 32.4 Å². The summed E-state index contributed by atoms with van der Waals surface area (Å²) in [7, 11) is 7.89. The first-order valence-corrected chi connectivity index (χ1v) is 6.02. The first kappa shape index (κ1) is 14.5. The maximum absolute atomic E-state index is 4.52. The van der Waals surface area contributed by atoms with E-state index in [9.17, 15) is 0 Å². The summed E-state index contributed by atoms with van der Waals surface area (Å²) in [4.78, 5) is 12.9. The number of aromatic amines is 1. The predicted molar refractivity (Wildman–Crippen MR) is 73.6 cm³/mol. The summed E-state index contributed by atoms with van der Waals surface area (Å²) in [5.41, 5.74) is -0.0373. The van der Waals surface area contributed by atoms with E-state index in [1.165, 1.54) is 0 Å². The van der Waals surface area contributed by atoms with Crippen LogP contribution in [0.3, 0.4) is 0 Å². The van der Waals surface area contributed by atoms with Crippen molar-refractivity contribution in [2.45, 2.75) is 32.7 Å². The average molecular weight is 252 g/mol. The quantitative estimate of drug-likeness (QED) is 0.632. The van der Waals surface area contributed by atoms with E-state index in [0.717, 1.165) is 17.6 Å². The Labute approximate surface area is 109 Å². The van der Waals surface area contributed by atoms with Gasteiger partial charge in [-0.05, 0) is 0 Å². The summed E-state index contributed by atoms with van der Waals surface area (Å²) >= 11 is 0. The van der Waals surface area contributed by atoms with Crippen LogP contribution in [0, 0.1) is 0 Å². The van der Waals surface area contributed by atoms with Gasteiger partial charge in [-0.2, -0.15) is 5.10 Å². The highest BCUT2D eigenvalue weighted by Gasteiger charge is 2.19. The lowest BCUT2D eigenvalue weighted by Crippen LogP contribution is -2.35. The van der Waals surface area contributed by atoms with Crippen LogP contribution in [0.25, 0.3) is 0 Å². The van der Waals surface area contributed by atoms with Crippen molar-refractivity contribution in [3.63, 3.8) is 0 Å². The van der Waals surface area contributed by atoms with E-state index in [-0.39, 0.29) is 5.41 Å². The third-order valence-corrected chi connectivity index (χ3v) is 2.37. The van der Waals surface area contributed by atoms with Crippen LogP contribution in [-0.4, -0.2) is 59.1 Å². The lowest BCUT2D eigenvalue weighted by atomic mass is 9.96. The fourth-order valence-corrected chi connectivity index (χ4v) is 1.53. The smallest absolute Gasteiger partial charge is 0.195 e. The standard InChI is InChI=1S/C12H24N6/c1-12(2,3)10-14-9(15-16-10)8-13-11(17(4)5)18(6)7/h8H2,1-7H3,(H,14,15,16). The first-order valence-electron chi connectivity index (χ1n) is 6.02. The van der Waals surface area contributed by atoms with Crippen LogP contribution in [0.2, 0.25) is 0 Å². The fourth-order valence-electron chi connectivity index (χ4n) is 1.53. The number of hydrogen-bond donors (Lipinski definition) is 1. The number of nitrogens with one attached hydrogen (secondary N) is 1. The van der Waals surface area contributed by atoms with E-state index in [1.54, 1.807) is 0 Å². The van der Waals surface area contributed by atoms with Crippen LogP contribution >= 0.6 is 0 Å². The van der Waals surface area contributed by atoms with Crippen LogP contribution in [-0.2, 0) is 12.0 Å². The lowest BCUT2D eigenvalue weighted by Gasteiger charge is -2.22. The molecule has 0 aromatic carbocycles. The molecule has 0 bridgehead atoms.